The molecular formula is C16H19BrN4O. The first-order valence-electron chi connectivity index (χ1n) is 7.53. The highest BCUT2D eigenvalue weighted by molar-refractivity contribution is 9.10. The summed E-state index contributed by atoms with van der Waals surface area (Å²) < 4.78 is 2.86. The van der Waals surface area contributed by atoms with E-state index in [4.69, 9.17) is 0 Å². The Hall–Kier alpha value is -1.66. The molecule has 1 fully saturated rings. The Morgan fingerprint density at radius 2 is 2.23 bits per heavy atom. The number of nitrogens with one attached hydrogen (secondary N) is 2. The summed E-state index contributed by atoms with van der Waals surface area (Å²) in [6, 6.07) is 8.13. The van der Waals surface area contributed by atoms with Gasteiger partial charge in [-0.05, 0) is 43.7 Å². The molecule has 2 aromatic rings. The van der Waals surface area contributed by atoms with Gasteiger partial charge in [-0.15, -0.1) is 0 Å². The van der Waals surface area contributed by atoms with Gasteiger partial charge in [-0.2, -0.15) is 5.10 Å². The van der Waals surface area contributed by atoms with Crippen molar-refractivity contribution in [1.29, 1.82) is 0 Å². The Labute approximate surface area is 138 Å². The molecule has 116 valence electrons. The summed E-state index contributed by atoms with van der Waals surface area (Å²) in [6.45, 7) is 3.85. The zero-order valence-corrected chi connectivity index (χ0v) is 14.1. The summed E-state index contributed by atoms with van der Waals surface area (Å²) in [7, 11) is 0. The third-order valence-corrected chi connectivity index (χ3v) is 4.44. The predicted molar refractivity (Wildman–Crippen MR) is 89.4 cm³/mol. The zero-order chi connectivity index (χ0) is 15.5. The maximum absolute atomic E-state index is 12.5. The number of halogens is 1. The van der Waals surface area contributed by atoms with Crippen molar-refractivity contribution in [2.75, 3.05) is 13.1 Å². The van der Waals surface area contributed by atoms with Crippen molar-refractivity contribution < 1.29 is 4.79 Å². The van der Waals surface area contributed by atoms with E-state index in [-0.39, 0.29) is 11.9 Å². The van der Waals surface area contributed by atoms with Crippen LogP contribution in [0.25, 0.3) is 5.69 Å². The van der Waals surface area contributed by atoms with Crippen LogP contribution in [0, 0.1) is 0 Å². The number of carbonyl (C=O) groups is 1. The predicted octanol–water partition coefficient (Wildman–Crippen LogP) is 2.29. The normalized spacial score (nSPS) is 17.6. The Balaban J connectivity index is 1.86. The molecule has 1 aliphatic rings. The first-order valence-corrected chi connectivity index (χ1v) is 8.32. The summed E-state index contributed by atoms with van der Waals surface area (Å²) in [5.41, 5.74) is 2.56. The van der Waals surface area contributed by atoms with Crippen LogP contribution < -0.4 is 10.6 Å². The molecule has 1 aromatic carbocycles. The van der Waals surface area contributed by atoms with Crippen LogP contribution in [0.2, 0.25) is 0 Å². The fraction of sp³-hybridized carbons (Fsp3) is 0.375. The van der Waals surface area contributed by atoms with E-state index in [0.29, 0.717) is 5.56 Å². The van der Waals surface area contributed by atoms with Crippen molar-refractivity contribution >= 4 is 21.8 Å². The fourth-order valence-corrected chi connectivity index (χ4v) is 3.01. The minimum atomic E-state index is -0.0334. The van der Waals surface area contributed by atoms with Crippen LogP contribution in [0.1, 0.15) is 29.4 Å². The minimum absolute atomic E-state index is 0.0334. The molecule has 0 saturated carbocycles. The maximum Gasteiger partial charge on any atom is 0.255 e. The van der Waals surface area contributed by atoms with E-state index in [1.165, 1.54) is 0 Å². The largest absolute Gasteiger partial charge is 0.348 e. The van der Waals surface area contributed by atoms with Gasteiger partial charge in [-0.1, -0.05) is 22.9 Å². The lowest BCUT2D eigenvalue weighted by molar-refractivity contribution is 0.0939. The summed E-state index contributed by atoms with van der Waals surface area (Å²) in [5.74, 6) is -0.0334. The smallest absolute Gasteiger partial charge is 0.255 e. The minimum Gasteiger partial charge on any atom is -0.348 e. The molecule has 5 nitrogen and oxygen atoms in total. The van der Waals surface area contributed by atoms with Crippen molar-refractivity contribution in [2.45, 2.75) is 25.8 Å². The molecule has 0 aliphatic carbocycles. The van der Waals surface area contributed by atoms with E-state index in [0.717, 1.165) is 41.8 Å². The van der Waals surface area contributed by atoms with E-state index in [9.17, 15) is 4.79 Å². The topological polar surface area (TPSA) is 59.0 Å². The molecule has 1 amide bonds. The number of amides is 1. The van der Waals surface area contributed by atoms with E-state index < -0.39 is 0 Å². The van der Waals surface area contributed by atoms with Crippen molar-refractivity contribution in [1.82, 2.24) is 20.4 Å². The number of aromatic nitrogens is 2. The van der Waals surface area contributed by atoms with Crippen LogP contribution >= 0.6 is 15.9 Å². The van der Waals surface area contributed by atoms with Crippen molar-refractivity contribution in [3.05, 3.63) is 46.2 Å². The molecule has 0 bridgehead atoms. The molecule has 1 saturated heterocycles. The van der Waals surface area contributed by atoms with Gasteiger partial charge in [0.05, 0.1) is 23.1 Å². The number of hydrogen-bond donors (Lipinski definition) is 2. The van der Waals surface area contributed by atoms with Crippen LogP contribution in [-0.2, 0) is 6.42 Å². The Morgan fingerprint density at radius 3 is 2.86 bits per heavy atom. The highest BCUT2D eigenvalue weighted by atomic mass is 79.9. The second kappa shape index (κ2) is 6.62. The van der Waals surface area contributed by atoms with Crippen molar-refractivity contribution in [3.63, 3.8) is 0 Å². The third-order valence-electron chi connectivity index (χ3n) is 3.92. The second-order valence-electron chi connectivity index (χ2n) is 5.41. The number of carbonyl (C=O) groups excluding carboxylic acids is 1. The molecule has 0 radical (unpaired) electrons. The maximum atomic E-state index is 12.5. The molecule has 6 heteroatoms. The standard InChI is InChI=1S/C16H19BrN4O/c1-2-15-14(16(22)20-12-7-8-18-9-12)10-19-21(15)13-5-3-11(17)4-6-13/h3-6,10,12,18H,2,7-9H2,1H3,(H,20,22). The number of benzene rings is 1. The second-order valence-corrected chi connectivity index (χ2v) is 6.33. The molecule has 2 N–H and O–H groups in total. The first kappa shape index (κ1) is 15.2. The molecule has 22 heavy (non-hydrogen) atoms. The monoisotopic (exact) mass is 362 g/mol. The van der Waals surface area contributed by atoms with Crippen molar-refractivity contribution in [2.24, 2.45) is 0 Å². The number of nitrogens with zero attached hydrogens (tertiary/aromatic N) is 2. The summed E-state index contributed by atoms with van der Waals surface area (Å²) in [4.78, 5) is 12.5. The zero-order valence-electron chi connectivity index (χ0n) is 12.5. The summed E-state index contributed by atoms with van der Waals surface area (Å²) >= 11 is 3.43. The highest BCUT2D eigenvalue weighted by Crippen LogP contribution is 2.18. The lowest BCUT2D eigenvalue weighted by Gasteiger charge is -2.12. The molecular weight excluding hydrogens is 344 g/mol. The van der Waals surface area contributed by atoms with Crippen LogP contribution in [-0.4, -0.2) is 34.8 Å². The van der Waals surface area contributed by atoms with E-state index in [2.05, 4.69) is 31.7 Å². The van der Waals surface area contributed by atoms with Crippen LogP contribution in [0.15, 0.2) is 34.9 Å². The van der Waals surface area contributed by atoms with Gasteiger partial charge in [0.15, 0.2) is 0 Å². The highest BCUT2D eigenvalue weighted by Gasteiger charge is 2.21. The quantitative estimate of drug-likeness (QED) is 0.877. The first-order chi connectivity index (χ1) is 10.7. The number of hydrogen-bond acceptors (Lipinski definition) is 3. The van der Waals surface area contributed by atoms with Gasteiger partial charge in [0.2, 0.25) is 0 Å². The molecule has 1 aromatic heterocycles. The van der Waals surface area contributed by atoms with Gasteiger partial charge in [0.1, 0.15) is 0 Å². The molecule has 2 heterocycles. The van der Waals surface area contributed by atoms with Gasteiger partial charge < -0.3 is 10.6 Å². The molecule has 1 aliphatic heterocycles. The molecule has 1 atom stereocenters. The molecule has 1 unspecified atom stereocenters. The van der Waals surface area contributed by atoms with Crippen LogP contribution in [0.5, 0.6) is 0 Å². The molecule has 0 spiro atoms. The lowest BCUT2D eigenvalue weighted by Crippen LogP contribution is -2.36. The summed E-state index contributed by atoms with van der Waals surface area (Å²) in [6.07, 6.45) is 3.40. The lowest BCUT2D eigenvalue weighted by atomic mass is 10.1. The Bertz CT molecular complexity index is 659. The van der Waals surface area contributed by atoms with E-state index in [1.54, 1.807) is 6.20 Å². The fourth-order valence-electron chi connectivity index (χ4n) is 2.75. The Kier molecular flexibility index (Phi) is 4.59. The van der Waals surface area contributed by atoms with Gasteiger partial charge in [0.25, 0.3) is 5.91 Å². The summed E-state index contributed by atoms with van der Waals surface area (Å²) in [5, 5.41) is 10.7. The van der Waals surface area contributed by atoms with E-state index in [1.807, 2.05) is 35.9 Å². The van der Waals surface area contributed by atoms with Gasteiger partial charge in [-0.25, -0.2) is 4.68 Å². The Morgan fingerprint density at radius 1 is 1.45 bits per heavy atom. The molecule has 3 rings (SSSR count). The van der Waals surface area contributed by atoms with Crippen molar-refractivity contribution in [3.8, 4) is 5.69 Å². The number of rotatable bonds is 4. The SMILES string of the molecule is CCc1c(C(=O)NC2CCNC2)cnn1-c1ccc(Br)cc1. The van der Waals surface area contributed by atoms with E-state index >= 15 is 0 Å². The van der Waals surface area contributed by atoms with Crippen LogP contribution in [0.3, 0.4) is 0 Å². The van der Waals surface area contributed by atoms with Gasteiger partial charge >= 0.3 is 0 Å². The average Bonchev–Trinajstić information content (AvgIpc) is 3.16. The third kappa shape index (κ3) is 3.08. The van der Waals surface area contributed by atoms with Gasteiger partial charge in [-0.3, -0.25) is 4.79 Å². The van der Waals surface area contributed by atoms with Gasteiger partial charge in [0, 0.05) is 17.1 Å². The average molecular weight is 363 g/mol. The van der Waals surface area contributed by atoms with Crippen LogP contribution in [0.4, 0.5) is 0 Å².